The van der Waals surface area contributed by atoms with Gasteiger partial charge >= 0.3 is 0 Å². The highest BCUT2D eigenvalue weighted by atomic mass is 79.9. The number of amides is 2. The summed E-state index contributed by atoms with van der Waals surface area (Å²) >= 11 is 14.3. The molecule has 0 unspecified atom stereocenters. The van der Waals surface area contributed by atoms with Crippen molar-refractivity contribution in [3.05, 3.63) is 66.4 Å². The number of carbonyl (C=O) groups excluding carboxylic acids is 2. The second-order valence-corrected chi connectivity index (χ2v) is 9.71. The predicted octanol–water partition coefficient (Wildman–Crippen LogP) is 7.28. The number of benzene rings is 2. The Kier molecular flexibility index (Phi) is 7.48. The third kappa shape index (κ3) is 5.26. The number of nitrogens with zero attached hydrogens (tertiary/aromatic N) is 1. The Morgan fingerprint density at radius 1 is 1.21 bits per heavy atom. The van der Waals surface area contributed by atoms with Gasteiger partial charge in [0.2, 0.25) is 0 Å². The zero-order chi connectivity index (χ0) is 21.1. The van der Waals surface area contributed by atoms with Crippen molar-refractivity contribution in [2.75, 3.05) is 0 Å². The van der Waals surface area contributed by atoms with E-state index in [9.17, 15) is 9.59 Å². The summed E-state index contributed by atoms with van der Waals surface area (Å²) in [5.74, 6) is 0.261. The first kappa shape index (κ1) is 22.4. The van der Waals surface area contributed by atoms with Gasteiger partial charge in [-0.2, -0.15) is 0 Å². The number of thioether (sulfide) groups is 1. The number of rotatable bonds is 6. The summed E-state index contributed by atoms with van der Waals surface area (Å²) in [6.45, 7) is 4.19. The van der Waals surface area contributed by atoms with E-state index in [1.807, 2.05) is 44.2 Å². The normalized spacial score (nSPS) is 16.6. The van der Waals surface area contributed by atoms with E-state index in [1.165, 1.54) is 4.90 Å². The lowest BCUT2D eigenvalue weighted by atomic mass is 10.2. The van der Waals surface area contributed by atoms with Gasteiger partial charge in [-0.05, 0) is 82.5 Å². The molecule has 0 aliphatic carbocycles. The summed E-state index contributed by atoms with van der Waals surface area (Å²) in [7, 11) is 0. The lowest BCUT2D eigenvalue weighted by Gasteiger charge is -2.19. The molecule has 2 amide bonds. The third-order valence-electron chi connectivity index (χ3n) is 4.47. The van der Waals surface area contributed by atoms with Gasteiger partial charge in [-0.25, -0.2) is 0 Å². The monoisotopic (exact) mass is 557 g/mol. The molecule has 2 aromatic carbocycles. The molecule has 29 heavy (non-hydrogen) atoms. The minimum absolute atomic E-state index is 0.127. The van der Waals surface area contributed by atoms with Crippen molar-refractivity contribution in [3.63, 3.8) is 0 Å². The van der Waals surface area contributed by atoms with Gasteiger partial charge in [0.25, 0.3) is 11.1 Å². The topological polar surface area (TPSA) is 46.6 Å². The zero-order valence-corrected chi connectivity index (χ0v) is 20.5. The molecule has 1 aliphatic heterocycles. The van der Waals surface area contributed by atoms with Gasteiger partial charge in [-0.3, -0.25) is 14.5 Å². The molecule has 1 saturated heterocycles. The second kappa shape index (κ2) is 9.69. The van der Waals surface area contributed by atoms with Crippen molar-refractivity contribution in [3.8, 4) is 5.75 Å². The molecule has 0 bridgehead atoms. The Morgan fingerprint density at radius 3 is 2.52 bits per heavy atom. The summed E-state index contributed by atoms with van der Waals surface area (Å²) in [5, 5.41) is 0.180. The lowest BCUT2D eigenvalue weighted by Crippen LogP contribution is -2.36. The van der Waals surface area contributed by atoms with Crippen molar-refractivity contribution in [2.45, 2.75) is 32.9 Å². The van der Waals surface area contributed by atoms with E-state index in [1.54, 1.807) is 12.1 Å². The number of ether oxygens (including phenoxy) is 1. The van der Waals surface area contributed by atoms with Gasteiger partial charge in [0.05, 0.1) is 14.4 Å². The van der Waals surface area contributed by atoms with Crippen LogP contribution in [-0.4, -0.2) is 22.1 Å². The highest BCUT2D eigenvalue weighted by Crippen LogP contribution is 2.38. The minimum Gasteiger partial charge on any atom is -0.486 e. The fraction of sp³-hybridized carbons (Fsp3) is 0.238. The van der Waals surface area contributed by atoms with Crippen molar-refractivity contribution >= 4 is 72.4 Å². The second-order valence-electron chi connectivity index (χ2n) is 6.54. The number of halogens is 3. The van der Waals surface area contributed by atoms with Crippen LogP contribution in [-0.2, 0) is 11.4 Å². The van der Waals surface area contributed by atoms with Crippen LogP contribution in [0.1, 0.15) is 31.4 Å². The predicted molar refractivity (Wildman–Crippen MR) is 125 cm³/mol. The SMILES string of the molecule is CC[C@@H](C)N1C(=O)S/C(=C/c2cc(Cl)c(OCc3ccc(Br)cc3)c(Br)c2)C1=O. The van der Waals surface area contributed by atoms with Gasteiger partial charge in [0.1, 0.15) is 6.61 Å². The van der Waals surface area contributed by atoms with Gasteiger partial charge in [0.15, 0.2) is 5.75 Å². The van der Waals surface area contributed by atoms with Crippen LogP contribution in [0.15, 0.2) is 50.2 Å². The van der Waals surface area contributed by atoms with Crippen LogP contribution in [0.5, 0.6) is 5.75 Å². The van der Waals surface area contributed by atoms with Crippen LogP contribution >= 0.6 is 55.2 Å². The summed E-state index contributed by atoms with van der Waals surface area (Å²) in [4.78, 5) is 26.5. The van der Waals surface area contributed by atoms with E-state index >= 15 is 0 Å². The van der Waals surface area contributed by atoms with Crippen LogP contribution in [0.3, 0.4) is 0 Å². The van der Waals surface area contributed by atoms with Crippen molar-refractivity contribution in [1.29, 1.82) is 0 Å². The smallest absolute Gasteiger partial charge is 0.293 e. The average molecular weight is 560 g/mol. The molecule has 2 aromatic rings. The number of carbonyl (C=O) groups is 2. The van der Waals surface area contributed by atoms with Gasteiger partial charge in [-0.15, -0.1) is 0 Å². The molecule has 8 heteroatoms. The third-order valence-corrected chi connectivity index (χ3v) is 6.75. The molecule has 1 atom stereocenters. The fourth-order valence-corrected chi connectivity index (χ4v) is 4.91. The van der Waals surface area contributed by atoms with E-state index in [2.05, 4.69) is 31.9 Å². The maximum absolute atomic E-state index is 12.6. The molecule has 0 saturated carbocycles. The van der Waals surface area contributed by atoms with E-state index in [0.29, 0.717) is 38.7 Å². The summed E-state index contributed by atoms with van der Waals surface area (Å²) in [6.07, 6.45) is 2.40. The Hall–Kier alpha value is -1.28. The Labute approximate surface area is 195 Å². The van der Waals surface area contributed by atoms with E-state index in [-0.39, 0.29) is 17.2 Å². The highest BCUT2D eigenvalue weighted by Gasteiger charge is 2.37. The van der Waals surface area contributed by atoms with Crippen LogP contribution in [0.25, 0.3) is 6.08 Å². The van der Waals surface area contributed by atoms with E-state index in [4.69, 9.17) is 16.3 Å². The number of hydrogen-bond acceptors (Lipinski definition) is 4. The molecule has 4 nitrogen and oxygen atoms in total. The Balaban J connectivity index is 1.78. The molecule has 3 rings (SSSR count). The summed E-state index contributed by atoms with van der Waals surface area (Å²) in [6, 6.07) is 11.2. The number of hydrogen-bond donors (Lipinski definition) is 0. The molecule has 1 heterocycles. The molecule has 152 valence electrons. The standard InChI is InChI=1S/C21H18Br2ClNO3S/c1-3-12(2)25-20(26)18(29-21(25)27)10-14-8-16(23)19(17(24)9-14)28-11-13-4-6-15(22)7-5-13/h4-10,12H,3,11H2,1-2H3/b18-10+/t12-/m1/s1. The Morgan fingerprint density at radius 2 is 1.90 bits per heavy atom. The van der Waals surface area contributed by atoms with Gasteiger partial charge in [0, 0.05) is 10.5 Å². The quantitative estimate of drug-likeness (QED) is 0.349. The first-order valence-electron chi connectivity index (χ1n) is 8.93. The lowest BCUT2D eigenvalue weighted by molar-refractivity contribution is -0.124. The average Bonchev–Trinajstić information content (AvgIpc) is 2.95. The van der Waals surface area contributed by atoms with Gasteiger partial charge in [-0.1, -0.05) is 46.6 Å². The van der Waals surface area contributed by atoms with Crippen molar-refractivity contribution in [2.24, 2.45) is 0 Å². The molecule has 1 fully saturated rings. The first-order chi connectivity index (χ1) is 13.8. The molecule has 1 aliphatic rings. The molecular weight excluding hydrogens is 542 g/mol. The minimum atomic E-state index is -0.267. The van der Waals surface area contributed by atoms with E-state index < -0.39 is 0 Å². The number of imide groups is 1. The van der Waals surface area contributed by atoms with Crippen molar-refractivity contribution < 1.29 is 14.3 Å². The maximum Gasteiger partial charge on any atom is 0.293 e. The van der Waals surface area contributed by atoms with Crippen LogP contribution in [0.2, 0.25) is 5.02 Å². The molecule has 0 radical (unpaired) electrons. The Bertz CT molecular complexity index is 955. The largest absolute Gasteiger partial charge is 0.486 e. The molecule has 0 N–H and O–H groups in total. The summed E-state index contributed by atoms with van der Waals surface area (Å²) < 4.78 is 7.55. The molecule has 0 aromatic heterocycles. The van der Waals surface area contributed by atoms with Crippen LogP contribution in [0.4, 0.5) is 4.79 Å². The van der Waals surface area contributed by atoms with Gasteiger partial charge < -0.3 is 4.74 Å². The van der Waals surface area contributed by atoms with Crippen molar-refractivity contribution in [1.82, 2.24) is 4.90 Å². The van der Waals surface area contributed by atoms with Crippen LogP contribution < -0.4 is 4.74 Å². The highest BCUT2D eigenvalue weighted by molar-refractivity contribution is 9.10. The first-order valence-corrected chi connectivity index (χ1v) is 11.7. The fourth-order valence-electron chi connectivity index (χ4n) is 2.73. The zero-order valence-electron chi connectivity index (χ0n) is 15.7. The molecular formula is C21H18Br2ClNO3S. The van der Waals surface area contributed by atoms with E-state index in [0.717, 1.165) is 21.8 Å². The van der Waals surface area contributed by atoms with Crippen LogP contribution in [0, 0.1) is 0 Å². The molecule has 0 spiro atoms. The summed E-state index contributed by atoms with van der Waals surface area (Å²) in [5.41, 5.74) is 1.73. The maximum atomic E-state index is 12.6.